The number of rotatable bonds is 5. The van der Waals surface area contributed by atoms with E-state index in [1.165, 1.54) is 29.0 Å². The number of hydrogen-bond acceptors (Lipinski definition) is 7. The molecular weight excluding hydrogens is 461 g/mol. The SMILES string of the molecule is COc1ccc2c(c1F)C(=O)N(CC1(c3cc4nc(N5CCC5=O)ccc4o3)NC(=O)NC1=O)C2. The van der Waals surface area contributed by atoms with E-state index in [-0.39, 0.29) is 36.1 Å². The Kier molecular flexibility index (Phi) is 4.37. The second kappa shape index (κ2) is 7.26. The number of imide groups is 1. The number of amides is 5. The van der Waals surface area contributed by atoms with Gasteiger partial charge in [0.05, 0.1) is 19.2 Å². The molecule has 2 N–H and O–H groups in total. The lowest BCUT2D eigenvalue weighted by Gasteiger charge is -2.29. The summed E-state index contributed by atoms with van der Waals surface area (Å²) in [6, 6.07) is 6.99. The van der Waals surface area contributed by atoms with Gasteiger partial charge in [-0.25, -0.2) is 14.2 Å². The van der Waals surface area contributed by atoms with Gasteiger partial charge in [0.15, 0.2) is 22.7 Å². The predicted molar refractivity (Wildman–Crippen MR) is 117 cm³/mol. The van der Waals surface area contributed by atoms with Gasteiger partial charge in [0.2, 0.25) is 5.91 Å². The molecule has 3 aliphatic heterocycles. The maximum absolute atomic E-state index is 14.8. The largest absolute Gasteiger partial charge is 0.494 e. The van der Waals surface area contributed by atoms with Crippen LogP contribution in [0.25, 0.3) is 11.1 Å². The Morgan fingerprint density at radius 3 is 2.69 bits per heavy atom. The van der Waals surface area contributed by atoms with Gasteiger partial charge >= 0.3 is 6.03 Å². The summed E-state index contributed by atoms with van der Waals surface area (Å²) in [4.78, 5) is 57.3. The Balaban J connectivity index is 1.38. The van der Waals surface area contributed by atoms with Crippen molar-refractivity contribution in [2.24, 2.45) is 0 Å². The quantitative estimate of drug-likeness (QED) is 0.417. The fourth-order valence-corrected chi connectivity index (χ4v) is 4.65. The van der Waals surface area contributed by atoms with Crippen LogP contribution in [0.3, 0.4) is 0 Å². The lowest BCUT2D eigenvalue weighted by molar-refractivity contribution is -0.125. The number of fused-ring (bicyclic) bond motifs is 2. The smallest absolute Gasteiger partial charge is 0.322 e. The summed E-state index contributed by atoms with van der Waals surface area (Å²) in [6.45, 7) is 0.278. The molecule has 3 aliphatic rings. The van der Waals surface area contributed by atoms with Gasteiger partial charge < -0.3 is 19.4 Å². The third-order valence-corrected chi connectivity index (χ3v) is 6.55. The fourth-order valence-electron chi connectivity index (χ4n) is 4.65. The number of benzene rings is 1. The number of β-lactam (4-membered cyclic amide) rings is 1. The zero-order chi connectivity index (χ0) is 24.5. The molecule has 178 valence electrons. The molecule has 5 heterocycles. The minimum absolute atomic E-state index is 0.0275. The van der Waals surface area contributed by atoms with Gasteiger partial charge in [0.1, 0.15) is 17.1 Å². The molecule has 1 atom stereocenters. The van der Waals surface area contributed by atoms with E-state index in [2.05, 4.69) is 15.6 Å². The molecule has 2 saturated heterocycles. The Morgan fingerprint density at radius 2 is 2.03 bits per heavy atom. The summed E-state index contributed by atoms with van der Waals surface area (Å²) in [5.74, 6) is -1.76. The van der Waals surface area contributed by atoms with Crippen LogP contribution in [0.15, 0.2) is 34.7 Å². The molecule has 0 saturated carbocycles. The summed E-state index contributed by atoms with van der Waals surface area (Å²) in [6.07, 6.45) is 0.449. The minimum Gasteiger partial charge on any atom is -0.494 e. The van der Waals surface area contributed by atoms with Gasteiger partial charge in [-0.05, 0) is 23.8 Å². The van der Waals surface area contributed by atoms with E-state index >= 15 is 0 Å². The molecule has 2 aromatic heterocycles. The minimum atomic E-state index is -1.76. The summed E-state index contributed by atoms with van der Waals surface area (Å²) < 4.78 is 25.7. The van der Waals surface area contributed by atoms with E-state index < -0.39 is 29.2 Å². The van der Waals surface area contributed by atoms with Crippen LogP contribution in [0.5, 0.6) is 5.75 Å². The normalized spacial score (nSPS) is 21.3. The first kappa shape index (κ1) is 21.1. The van der Waals surface area contributed by atoms with Crippen LogP contribution in [-0.4, -0.2) is 53.8 Å². The number of hydrogen-bond donors (Lipinski definition) is 2. The summed E-state index contributed by atoms with van der Waals surface area (Å²) in [5.41, 5.74) is -0.764. The number of methoxy groups -OCH3 is 1. The summed E-state index contributed by atoms with van der Waals surface area (Å²) in [7, 11) is 1.30. The van der Waals surface area contributed by atoms with E-state index in [1.807, 2.05) is 0 Å². The third kappa shape index (κ3) is 2.99. The number of carbonyl (C=O) groups is 4. The molecular formula is C23H18FN5O6. The maximum Gasteiger partial charge on any atom is 0.322 e. The van der Waals surface area contributed by atoms with E-state index in [0.717, 1.165) is 0 Å². The molecule has 11 nitrogen and oxygen atoms in total. The van der Waals surface area contributed by atoms with Crippen LogP contribution >= 0.6 is 0 Å². The first-order chi connectivity index (χ1) is 16.8. The zero-order valence-electron chi connectivity index (χ0n) is 18.4. The molecule has 0 spiro atoms. The van der Waals surface area contributed by atoms with Crippen molar-refractivity contribution >= 4 is 40.7 Å². The molecule has 0 aliphatic carbocycles. The van der Waals surface area contributed by atoms with Crippen molar-refractivity contribution in [3.8, 4) is 5.75 Å². The predicted octanol–water partition coefficient (Wildman–Crippen LogP) is 1.40. The summed E-state index contributed by atoms with van der Waals surface area (Å²) in [5, 5.41) is 4.76. The zero-order valence-corrected chi connectivity index (χ0v) is 18.4. The average molecular weight is 479 g/mol. The van der Waals surface area contributed by atoms with Gasteiger partial charge in [-0.1, -0.05) is 6.07 Å². The van der Waals surface area contributed by atoms with Crippen molar-refractivity contribution in [2.45, 2.75) is 18.5 Å². The van der Waals surface area contributed by atoms with Crippen molar-refractivity contribution in [2.75, 3.05) is 25.1 Å². The van der Waals surface area contributed by atoms with E-state index in [0.29, 0.717) is 35.4 Å². The second-order valence-corrected chi connectivity index (χ2v) is 8.55. The number of nitrogens with one attached hydrogen (secondary N) is 2. The number of furan rings is 1. The third-order valence-electron chi connectivity index (χ3n) is 6.55. The molecule has 1 aromatic carbocycles. The van der Waals surface area contributed by atoms with Crippen LogP contribution in [-0.2, 0) is 21.7 Å². The van der Waals surface area contributed by atoms with Crippen LogP contribution in [0.2, 0.25) is 0 Å². The Hall–Kier alpha value is -4.48. The van der Waals surface area contributed by atoms with Crippen LogP contribution in [0.1, 0.15) is 28.1 Å². The lowest BCUT2D eigenvalue weighted by atomic mass is 9.95. The second-order valence-electron chi connectivity index (χ2n) is 8.55. The lowest BCUT2D eigenvalue weighted by Crippen LogP contribution is -2.52. The highest BCUT2D eigenvalue weighted by Crippen LogP contribution is 2.36. The Morgan fingerprint density at radius 1 is 1.20 bits per heavy atom. The van der Waals surface area contributed by atoms with Crippen LogP contribution < -0.4 is 20.3 Å². The molecule has 35 heavy (non-hydrogen) atoms. The van der Waals surface area contributed by atoms with E-state index in [1.54, 1.807) is 18.2 Å². The number of nitrogens with zero attached hydrogens (tertiary/aromatic N) is 3. The highest BCUT2D eigenvalue weighted by atomic mass is 19.1. The topological polar surface area (TPSA) is 134 Å². The molecule has 0 bridgehead atoms. The number of ether oxygens (including phenoxy) is 1. The molecule has 1 unspecified atom stereocenters. The van der Waals surface area contributed by atoms with E-state index in [9.17, 15) is 23.6 Å². The molecule has 3 aromatic rings. The molecule has 12 heteroatoms. The number of aromatic nitrogens is 1. The standard InChI is InChI=1S/C23H18FN5O6/c1-34-14-3-2-11-9-28(20(31)18(11)19(14)24)10-23(21(32)26-22(33)27-23)15-8-12-13(35-15)4-5-16(25-12)29-7-6-17(29)30/h2-5,8H,6-7,9-10H2,1H3,(H2,26,27,32,33). The number of halogens is 1. The summed E-state index contributed by atoms with van der Waals surface area (Å²) >= 11 is 0. The highest BCUT2D eigenvalue weighted by molar-refractivity contribution is 6.08. The van der Waals surface area contributed by atoms with Crippen LogP contribution in [0.4, 0.5) is 15.0 Å². The molecule has 6 rings (SSSR count). The first-order valence-electron chi connectivity index (χ1n) is 10.8. The number of urea groups is 1. The van der Waals surface area contributed by atoms with Crippen molar-refractivity contribution in [1.82, 2.24) is 20.5 Å². The first-order valence-corrected chi connectivity index (χ1v) is 10.8. The fraction of sp³-hybridized carbons (Fsp3) is 0.261. The average Bonchev–Trinajstić information content (AvgIpc) is 3.47. The van der Waals surface area contributed by atoms with Crippen molar-refractivity contribution < 1.29 is 32.7 Å². The van der Waals surface area contributed by atoms with E-state index in [4.69, 9.17) is 9.15 Å². The molecule has 0 radical (unpaired) electrons. The number of carbonyl (C=O) groups excluding carboxylic acids is 4. The van der Waals surface area contributed by atoms with Gasteiger partial charge in [-0.3, -0.25) is 24.6 Å². The van der Waals surface area contributed by atoms with Crippen LogP contribution in [0, 0.1) is 5.82 Å². The maximum atomic E-state index is 14.8. The Bertz CT molecular complexity index is 1470. The van der Waals surface area contributed by atoms with Crippen molar-refractivity contribution in [3.63, 3.8) is 0 Å². The van der Waals surface area contributed by atoms with Gasteiger partial charge in [-0.15, -0.1) is 0 Å². The van der Waals surface area contributed by atoms with Crippen molar-refractivity contribution in [1.29, 1.82) is 0 Å². The van der Waals surface area contributed by atoms with Crippen molar-refractivity contribution in [3.05, 3.63) is 53.0 Å². The monoisotopic (exact) mass is 479 g/mol. The van der Waals surface area contributed by atoms with Gasteiger partial charge in [0, 0.05) is 25.6 Å². The van der Waals surface area contributed by atoms with Gasteiger partial charge in [-0.2, -0.15) is 0 Å². The number of pyridine rings is 1. The number of anilines is 1. The molecule has 2 fully saturated rings. The highest BCUT2D eigenvalue weighted by Gasteiger charge is 2.53. The van der Waals surface area contributed by atoms with Gasteiger partial charge in [0.25, 0.3) is 11.8 Å². The molecule has 5 amide bonds. The Labute approximate surface area is 196 Å².